The van der Waals surface area contributed by atoms with E-state index in [0.717, 1.165) is 35.6 Å². The lowest BCUT2D eigenvalue weighted by Crippen LogP contribution is -2.59. The molecule has 0 radical (unpaired) electrons. The van der Waals surface area contributed by atoms with Crippen molar-refractivity contribution in [1.82, 2.24) is 15.3 Å². The fraction of sp³-hybridized carbons (Fsp3) is 0.333. The normalized spacial score (nSPS) is 19.5. The third-order valence-electron chi connectivity index (χ3n) is 6.48. The highest BCUT2D eigenvalue weighted by Crippen LogP contribution is 2.34. The summed E-state index contributed by atoms with van der Waals surface area (Å²) < 4.78 is 16.6. The van der Waals surface area contributed by atoms with Crippen LogP contribution in [0.3, 0.4) is 0 Å². The summed E-state index contributed by atoms with van der Waals surface area (Å²) in [5.74, 6) is 1.85. The van der Waals surface area contributed by atoms with Crippen LogP contribution in [-0.2, 0) is 9.53 Å². The van der Waals surface area contributed by atoms with E-state index in [-0.39, 0.29) is 24.7 Å². The minimum Gasteiger partial charge on any atom is -0.497 e. The van der Waals surface area contributed by atoms with E-state index in [9.17, 15) is 9.59 Å². The first-order valence-electron chi connectivity index (χ1n) is 11.4. The average Bonchev–Trinajstić information content (AvgIpc) is 3.21. The maximum Gasteiger partial charge on any atom is 0.414 e. The van der Waals surface area contributed by atoms with Crippen LogP contribution in [0.4, 0.5) is 22.0 Å². The Labute approximate surface area is 201 Å². The molecule has 35 heavy (non-hydrogen) atoms. The molecular formula is C24H24N6O5. The molecule has 0 aliphatic carbocycles. The molecule has 0 spiro atoms. The van der Waals surface area contributed by atoms with Crippen LogP contribution in [-0.4, -0.2) is 74.0 Å². The first-order valence-corrected chi connectivity index (χ1v) is 11.4. The van der Waals surface area contributed by atoms with Crippen molar-refractivity contribution in [1.29, 1.82) is 0 Å². The second-order valence-corrected chi connectivity index (χ2v) is 8.68. The zero-order valence-corrected chi connectivity index (χ0v) is 19.1. The lowest BCUT2D eigenvalue weighted by Gasteiger charge is -2.40. The van der Waals surface area contributed by atoms with Gasteiger partial charge in [-0.3, -0.25) is 9.69 Å². The van der Waals surface area contributed by atoms with Crippen LogP contribution >= 0.6 is 0 Å². The first-order chi connectivity index (χ1) is 17.1. The lowest BCUT2D eigenvalue weighted by molar-refractivity contribution is -0.118. The van der Waals surface area contributed by atoms with E-state index in [1.807, 2.05) is 18.2 Å². The molecule has 11 heteroatoms. The number of carbonyl (C=O) groups is 2. The van der Waals surface area contributed by atoms with Crippen LogP contribution in [0.5, 0.6) is 11.5 Å². The molecule has 4 heterocycles. The maximum atomic E-state index is 12.8. The number of nitrogens with zero attached hydrogens (tertiary/aromatic N) is 4. The Bertz CT molecular complexity index is 1310. The Balaban J connectivity index is 1.26. The van der Waals surface area contributed by atoms with Gasteiger partial charge in [0.2, 0.25) is 0 Å². The number of nitrogens with one attached hydrogen (secondary N) is 2. The zero-order valence-electron chi connectivity index (χ0n) is 19.1. The Morgan fingerprint density at radius 1 is 1.17 bits per heavy atom. The van der Waals surface area contributed by atoms with Gasteiger partial charge in [0.25, 0.3) is 5.91 Å². The molecule has 2 aromatic carbocycles. The third-order valence-corrected chi connectivity index (χ3v) is 6.48. The topological polar surface area (TPSA) is 118 Å². The molecule has 6 rings (SSSR count). The number of aromatic nitrogens is 2. The summed E-state index contributed by atoms with van der Waals surface area (Å²) in [4.78, 5) is 37.2. The first kappa shape index (κ1) is 21.4. The van der Waals surface area contributed by atoms with Gasteiger partial charge in [0.1, 0.15) is 29.7 Å². The number of benzene rings is 2. The van der Waals surface area contributed by atoms with Crippen molar-refractivity contribution in [2.75, 3.05) is 55.0 Å². The smallest absolute Gasteiger partial charge is 0.414 e. The number of cyclic esters (lactones) is 1. The molecule has 1 atom stereocenters. The van der Waals surface area contributed by atoms with E-state index in [0.29, 0.717) is 30.2 Å². The molecule has 2 fully saturated rings. The van der Waals surface area contributed by atoms with Gasteiger partial charge in [-0.1, -0.05) is 0 Å². The highest BCUT2D eigenvalue weighted by molar-refractivity contribution is 5.97. The largest absolute Gasteiger partial charge is 0.497 e. The van der Waals surface area contributed by atoms with Crippen LogP contribution < -0.4 is 29.9 Å². The fourth-order valence-corrected chi connectivity index (χ4v) is 4.57. The van der Waals surface area contributed by atoms with Crippen molar-refractivity contribution in [3.8, 4) is 11.5 Å². The number of methoxy groups -OCH3 is 1. The molecule has 2 N–H and O–H groups in total. The van der Waals surface area contributed by atoms with Gasteiger partial charge in [-0.15, -0.1) is 0 Å². The number of amides is 2. The van der Waals surface area contributed by atoms with Gasteiger partial charge in [-0.05, 0) is 36.4 Å². The average molecular weight is 476 g/mol. The summed E-state index contributed by atoms with van der Waals surface area (Å²) in [5.41, 5.74) is 1.99. The second-order valence-electron chi connectivity index (χ2n) is 8.68. The van der Waals surface area contributed by atoms with Crippen molar-refractivity contribution < 1.29 is 23.8 Å². The summed E-state index contributed by atoms with van der Waals surface area (Å²) in [6.07, 6.45) is 0.749. The summed E-state index contributed by atoms with van der Waals surface area (Å²) in [7, 11) is 1.63. The van der Waals surface area contributed by atoms with E-state index < -0.39 is 6.09 Å². The summed E-state index contributed by atoms with van der Waals surface area (Å²) in [6.45, 7) is 2.45. The molecule has 2 saturated heterocycles. The number of hydrogen-bond donors (Lipinski definition) is 2. The van der Waals surface area contributed by atoms with Crippen LogP contribution in [0, 0.1) is 0 Å². The van der Waals surface area contributed by atoms with E-state index in [2.05, 4.69) is 25.5 Å². The van der Waals surface area contributed by atoms with Crippen molar-refractivity contribution in [3.05, 3.63) is 42.7 Å². The molecule has 0 saturated carbocycles. The van der Waals surface area contributed by atoms with E-state index in [1.54, 1.807) is 36.5 Å². The summed E-state index contributed by atoms with van der Waals surface area (Å²) in [5, 5.41) is 6.97. The summed E-state index contributed by atoms with van der Waals surface area (Å²) in [6, 6.07) is 11.2. The number of fused-ring (bicyclic) bond motifs is 2. The highest BCUT2D eigenvalue weighted by atomic mass is 16.6. The van der Waals surface area contributed by atoms with E-state index >= 15 is 0 Å². The Hall–Kier alpha value is -4.12. The molecule has 0 bridgehead atoms. The van der Waals surface area contributed by atoms with Gasteiger partial charge in [0.05, 0.1) is 37.4 Å². The number of ether oxygens (including phenoxy) is 3. The van der Waals surface area contributed by atoms with E-state index in [4.69, 9.17) is 14.2 Å². The van der Waals surface area contributed by atoms with Gasteiger partial charge in [-0.2, -0.15) is 0 Å². The molecule has 2 amide bonds. The van der Waals surface area contributed by atoms with E-state index in [1.165, 1.54) is 0 Å². The monoisotopic (exact) mass is 476 g/mol. The SMILES string of the molecule is COc1ccc2ncnc(N(C[C@@H]3CN(c4ccc5c(c4)NC(=O)CO5)C(=O)O3)C3CNC3)c2c1. The Morgan fingerprint density at radius 2 is 2.06 bits per heavy atom. The standard InChI is InChI=1S/C24H24N6O5/c1-33-16-3-4-19-18(7-16)23(27-13-26-19)29(15-8-25-9-15)10-17-11-30(24(32)35-17)14-2-5-21-20(6-14)28-22(31)12-34-21/h2-7,13,15,17,25H,8-12H2,1H3,(H,28,31)/t17-/m1/s1. The molecule has 11 nitrogen and oxygen atoms in total. The van der Waals surface area contributed by atoms with Gasteiger partial charge in [-0.25, -0.2) is 14.8 Å². The Morgan fingerprint density at radius 3 is 2.86 bits per heavy atom. The molecule has 180 valence electrons. The van der Waals surface area contributed by atoms with Crippen LogP contribution in [0.2, 0.25) is 0 Å². The number of hydrogen-bond acceptors (Lipinski definition) is 9. The minimum absolute atomic E-state index is 0.0182. The lowest BCUT2D eigenvalue weighted by atomic mass is 10.1. The highest BCUT2D eigenvalue weighted by Gasteiger charge is 2.37. The molecule has 1 aromatic heterocycles. The summed E-state index contributed by atoms with van der Waals surface area (Å²) >= 11 is 0. The van der Waals surface area contributed by atoms with Gasteiger partial charge >= 0.3 is 6.09 Å². The molecular weight excluding hydrogens is 452 g/mol. The quantitative estimate of drug-likeness (QED) is 0.549. The number of rotatable bonds is 6. The molecule has 3 aromatic rings. The molecule has 0 unspecified atom stereocenters. The minimum atomic E-state index is -0.432. The number of anilines is 3. The third kappa shape index (κ3) is 3.93. The van der Waals surface area contributed by atoms with Crippen molar-refractivity contribution in [3.63, 3.8) is 0 Å². The maximum absolute atomic E-state index is 12.8. The van der Waals surface area contributed by atoms with Crippen LogP contribution in [0.15, 0.2) is 42.7 Å². The predicted octanol–water partition coefficient (Wildman–Crippen LogP) is 1.77. The number of carbonyl (C=O) groups excluding carboxylic acids is 2. The predicted molar refractivity (Wildman–Crippen MR) is 128 cm³/mol. The van der Waals surface area contributed by atoms with Crippen molar-refractivity contribution in [2.45, 2.75) is 12.1 Å². The molecule has 3 aliphatic rings. The van der Waals surface area contributed by atoms with Crippen LogP contribution in [0.25, 0.3) is 10.9 Å². The molecule has 3 aliphatic heterocycles. The zero-order chi connectivity index (χ0) is 23.9. The fourth-order valence-electron chi connectivity index (χ4n) is 4.57. The van der Waals surface area contributed by atoms with Crippen LogP contribution in [0.1, 0.15) is 0 Å². The van der Waals surface area contributed by atoms with Crippen molar-refractivity contribution >= 4 is 40.1 Å². The van der Waals surface area contributed by atoms with Crippen molar-refractivity contribution in [2.24, 2.45) is 0 Å². The second kappa shape index (κ2) is 8.58. The Kier molecular flexibility index (Phi) is 5.25. The van der Waals surface area contributed by atoms with Gasteiger partial charge < -0.3 is 29.7 Å². The van der Waals surface area contributed by atoms with Gasteiger partial charge in [0.15, 0.2) is 6.61 Å². The van der Waals surface area contributed by atoms with Gasteiger partial charge in [0, 0.05) is 24.2 Å².